The Kier molecular flexibility index (Phi) is 6.67. The molecule has 0 radical (unpaired) electrons. The highest BCUT2D eigenvalue weighted by molar-refractivity contribution is 6.31. The zero-order valence-electron chi connectivity index (χ0n) is 12.8. The standard InChI is InChI=1S/C16H27ClN2/c1-6-13(5)19(7-2)16-10-8-9-15(17)14(16)11-18-12(3)4/h8-10,12-13,18H,6-7,11H2,1-5H3. The quantitative estimate of drug-likeness (QED) is 0.794. The van der Waals surface area contributed by atoms with Gasteiger partial charge in [-0.1, -0.05) is 38.4 Å². The number of nitrogens with one attached hydrogen (secondary N) is 1. The highest BCUT2D eigenvalue weighted by Crippen LogP contribution is 2.29. The summed E-state index contributed by atoms with van der Waals surface area (Å²) in [4.78, 5) is 2.43. The van der Waals surface area contributed by atoms with Crippen LogP contribution in [0.4, 0.5) is 5.69 Å². The summed E-state index contributed by atoms with van der Waals surface area (Å²) >= 11 is 6.40. The van der Waals surface area contributed by atoms with Gasteiger partial charge in [-0.25, -0.2) is 0 Å². The van der Waals surface area contributed by atoms with Crippen LogP contribution >= 0.6 is 11.6 Å². The van der Waals surface area contributed by atoms with E-state index in [1.165, 1.54) is 11.3 Å². The van der Waals surface area contributed by atoms with E-state index in [2.05, 4.69) is 50.9 Å². The molecule has 1 unspecified atom stereocenters. The lowest BCUT2D eigenvalue weighted by atomic mass is 10.1. The first-order chi connectivity index (χ1) is 9.01. The van der Waals surface area contributed by atoms with Crippen molar-refractivity contribution < 1.29 is 0 Å². The lowest BCUT2D eigenvalue weighted by Gasteiger charge is -2.32. The van der Waals surface area contributed by atoms with E-state index < -0.39 is 0 Å². The summed E-state index contributed by atoms with van der Waals surface area (Å²) in [5.74, 6) is 0. The molecular formula is C16H27ClN2. The van der Waals surface area contributed by atoms with E-state index in [1.54, 1.807) is 0 Å². The van der Waals surface area contributed by atoms with E-state index in [0.29, 0.717) is 12.1 Å². The fourth-order valence-electron chi connectivity index (χ4n) is 2.24. The van der Waals surface area contributed by atoms with Crippen molar-refractivity contribution in [3.05, 3.63) is 28.8 Å². The molecule has 1 rings (SSSR count). The summed E-state index contributed by atoms with van der Waals surface area (Å²) in [6.45, 7) is 12.8. The first-order valence-corrected chi connectivity index (χ1v) is 7.66. The van der Waals surface area contributed by atoms with Gasteiger partial charge in [0.1, 0.15) is 0 Å². The van der Waals surface area contributed by atoms with E-state index in [-0.39, 0.29) is 0 Å². The molecule has 0 fully saturated rings. The molecule has 0 bridgehead atoms. The molecule has 0 saturated carbocycles. The second-order valence-electron chi connectivity index (χ2n) is 5.32. The molecule has 0 spiro atoms. The van der Waals surface area contributed by atoms with Crippen LogP contribution in [0.5, 0.6) is 0 Å². The van der Waals surface area contributed by atoms with Crippen LogP contribution in [0.2, 0.25) is 5.02 Å². The van der Waals surface area contributed by atoms with E-state index in [1.807, 2.05) is 12.1 Å². The molecule has 0 amide bonds. The smallest absolute Gasteiger partial charge is 0.0471 e. The highest BCUT2D eigenvalue weighted by Gasteiger charge is 2.16. The van der Waals surface area contributed by atoms with Gasteiger partial charge in [-0.05, 0) is 32.4 Å². The van der Waals surface area contributed by atoms with Crippen molar-refractivity contribution in [2.45, 2.75) is 59.7 Å². The van der Waals surface area contributed by atoms with Gasteiger partial charge in [-0.15, -0.1) is 0 Å². The molecule has 1 aromatic rings. The van der Waals surface area contributed by atoms with Crippen molar-refractivity contribution in [2.24, 2.45) is 0 Å². The Hall–Kier alpha value is -0.730. The Labute approximate surface area is 123 Å². The van der Waals surface area contributed by atoms with Crippen molar-refractivity contribution in [1.29, 1.82) is 0 Å². The molecule has 0 aliphatic heterocycles. The predicted molar refractivity (Wildman–Crippen MR) is 86.2 cm³/mol. The fraction of sp³-hybridized carbons (Fsp3) is 0.625. The minimum absolute atomic E-state index is 0.461. The molecule has 108 valence electrons. The maximum Gasteiger partial charge on any atom is 0.0471 e. The second-order valence-corrected chi connectivity index (χ2v) is 5.72. The molecule has 0 aromatic heterocycles. The Bertz CT molecular complexity index is 390. The van der Waals surface area contributed by atoms with Gasteiger partial charge in [0.25, 0.3) is 0 Å². The average Bonchev–Trinajstić information content (AvgIpc) is 2.38. The first-order valence-electron chi connectivity index (χ1n) is 7.28. The third kappa shape index (κ3) is 4.39. The number of anilines is 1. The van der Waals surface area contributed by atoms with E-state index in [0.717, 1.165) is 24.5 Å². The van der Waals surface area contributed by atoms with Gasteiger partial charge in [-0.3, -0.25) is 0 Å². The zero-order chi connectivity index (χ0) is 14.4. The average molecular weight is 283 g/mol. The zero-order valence-corrected chi connectivity index (χ0v) is 13.6. The van der Waals surface area contributed by atoms with Crippen LogP contribution in [0, 0.1) is 0 Å². The summed E-state index contributed by atoms with van der Waals surface area (Å²) in [5, 5.41) is 4.32. The van der Waals surface area contributed by atoms with E-state index >= 15 is 0 Å². The van der Waals surface area contributed by atoms with Crippen LogP contribution in [0.1, 0.15) is 46.6 Å². The number of rotatable bonds is 7. The third-order valence-electron chi connectivity index (χ3n) is 3.55. The summed E-state index contributed by atoms with van der Waals surface area (Å²) in [6, 6.07) is 7.19. The third-order valence-corrected chi connectivity index (χ3v) is 3.91. The molecule has 2 nitrogen and oxygen atoms in total. The lowest BCUT2D eigenvalue weighted by Crippen LogP contribution is -2.34. The van der Waals surface area contributed by atoms with Crippen molar-refractivity contribution in [2.75, 3.05) is 11.4 Å². The van der Waals surface area contributed by atoms with Crippen LogP contribution in [0.25, 0.3) is 0 Å². The van der Waals surface area contributed by atoms with Crippen LogP contribution in [-0.4, -0.2) is 18.6 Å². The van der Waals surface area contributed by atoms with Gasteiger partial charge in [0.15, 0.2) is 0 Å². The number of hydrogen-bond acceptors (Lipinski definition) is 2. The summed E-state index contributed by atoms with van der Waals surface area (Å²) in [6.07, 6.45) is 1.14. The second kappa shape index (κ2) is 7.76. The predicted octanol–water partition coefficient (Wildman–Crippen LogP) is 4.46. The van der Waals surface area contributed by atoms with E-state index in [9.17, 15) is 0 Å². The topological polar surface area (TPSA) is 15.3 Å². The lowest BCUT2D eigenvalue weighted by molar-refractivity contribution is 0.582. The number of nitrogens with zero attached hydrogens (tertiary/aromatic N) is 1. The normalized spacial score (nSPS) is 12.8. The molecule has 0 heterocycles. The Balaban J connectivity index is 3.07. The van der Waals surface area contributed by atoms with Gasteiger partial charge in [0, 0.05) is 41.4 Å². The van der Waals surface area contributed by atoms with Crippen molar-refractivity contribution in [3.63, 3.8) is 0 Å². The molecule has 0 aliphatic rings. The van der Waals surface area contributed by atoms with Crippen molar-refractivity contribution in [1.82, 2.24) is 5.32 Å². The SMILES string of the molecule is CCC(C)N(CC)c1cccc(Cl)c1CNC(C)C. The maximum absolute atomic E-state index is 6.40. The van der Waals surface area contributed by atoms with Crippen LogP contribution in [-0.2, 0) is 6.54 Å². The Morgan fingerprint density at radius 1 is 1.21 bits per heavy atom. The van der Waals surface area contributed by atoms with Gasteiger partial charge in [-0.2, -0.15) is 0 Å². The molecule has 19 heavy (non-hydrogen) atoms. The van der Waals surface area contributed by atoms with E-state index in [4.69, 9.17) is 11.6 Å². The molecule has 1 atom stereocenters. The maximum atomic E-state index is 6.40. The minimum Gasteiger partial charge on any atom is -0.369 e. The highest BCUT2D eigenvalue weighted by atomic mass is 35.5. The molecular weight excluding hydrogens is 256 g/mol. The molecule has 3 heteroatoms. The van der Waals surface area contributed by atoms with Gasteiger partial charge in [0.2, 0.25) is 0 Å². The number of hydrogen-bond donors (Lipinski definition) is 1. The molecule has 1 aromatic carbocycles. The van der Waals surface area contributed by atoms with Gasteiger partial charge in [0.05, 0.1) is 0 Å². The molecule has 0 aliphatic carbocycles. The number of halogens is 1. The molecule has 1 N–H and O–H groups in total. The Morgan fingerprint density at radius 2 is 1.89 bits per heavy atom. The first kappa shape index (κ1) is 16.3. The summed E-state index contributed by atoms with van der Waals surface area (Å²) in [7, 11) is 0. The fourth-order valence-corrected chi connectivity index (χ4v) is 2.47. The minimum atomic E-state index is 0.461. The van der Waals surface area contributed by atoms with Crippen molar-refractivity contribution in [3.8, 4) is 0 Å². The number of benzene rings is 1. The van der Waals surface area contributed by atoms with Crippen molar-refractivity contribution >= 4 is 17.3 Å². The largest absolute Gasteiger partial charge is 0.369 e. The van der Waals surface area contributed by atoms with Crippen LogP contribution in [0.3, 0.4) is 0 Å². The summed E-state index contributed by atoms with van der Waals surface area (Å²) in [5.41, 5.74) is 2.47. The van der Waals surface area contributed by atoms with Crippen LogP contribution < -0.4 is 10.2 Å². The van der Waals surface area contributed by atoms with Gasteiger partial charge >= 0.3 is 0 Å². The van der Waals surface area contributed by atoms with Gasteiger partial charge < -0.3 is 10.2 Å². The van der Waals surface area contributed by atoms with Crippen LogP contribution in [0.15, 0.2) is 18.2 Å². The Morgan fingerprint density at radius 3 is 2.42 bits per heavy atom. The summed E-state index contributed by atoms with van der Waals surface area (Å²) < 4.78 is 0. The monoisotopic (exact) mass is 282 g/mol. The molecule has 0 saturated heterocycles.